The van der Waals surface area contributed by atoms with Crippen LogP contribution in [0.1, 0.15) is 39.8 Å². The molecule has 21 heavy (non-hydrogen) atoms. The molecular weight excluding hydrogens is 264 g/mol. The molecule has 4 nitrogen and oxygen atoms in total. The van der Waals surface area contributed by atoms with Crippen molar-refractivity contribution in [2.24, 2.45) is 0 Å². The molecule has 0 spiro atoms. The van der Waals surface area contributed by atoms with Crippen molar-refractivity contribution in [2.75, 3.05) is 6.61 Å². The Balaban J connectivity index is 2.12. The van der Waals surface area contributed by atoms with Gasteiger partial charge in [-0.25, -0.2) is 4.68 Å². The Bertz CT molecular complexity index is 651. The Hall–Kier alpha value is -2.10. The van der Waals surface area contributed by atoms with Crippen molar-refractivity contribution in [1.29, 1.82) is 0 Å². The molecule has 0 radical (unpaired) electrons. The lowest BCUT2D eigenvalue weighted by Gasteiger charge is -2.08. The lowest BCUT2D eigenvalue weighted by Crippen LogP contribution is -2.21. The zero-order chi connectivity index (χ0) is 15.6. The highest BCUT2D eigenvalue weighted by molar-refractivity contribution is 5.80. The topological polar surface area (TPSA) is 44.1 Å². The zero-order valence-electron chi connectivity index (χ0n) is 13.4. The van der Waals surface area contributed by atoms with E-state index in [9.17, 15) is 4.79 Å². The van der Waals surface area contributed by atoms with Crippen LogP contribution in [0.15, 0.2) is 18.2 Å². The molecular formula is C17H22N2O2. The Morgan fingerprint density at radius 1 is 1.14 bits per heavy atom. The van der Waals surface area contributed by atoms with Crippen LogP contribution < -0.4 is 4.74 Å². The van der Waals surface area contributed by atoms with Gasteiger partial charge in [-0.05, 0) is 62.9 Å². The normalized spacial score (nSPS) is 10.7. The van der Waals surface area contributed by atoms with Crippen LogP contribution in [0.3, 0.4) is 0 Å². The summed E-state index contributed by atoms with van der Waals surface area (Å²) in [6.07, 6.45) is 0.878. The highest BCUT2D eigenvalue weighted by Crippen LogP contribution is 2.17. The fourth-order valence-corrected chi connectivity index (χ4v) is 2.65. The van der Waals surface area contributed by atoms with Crippen molar-refractivity contribution in [3.05, 3.63) is 46.3 Å². The van der Waals surface area contributed by atoms with E-state index in [0.717, 1.165) is 40.2 Å². The fraction of sp³-hybridized carbons (Fsp3) is 0.412. The van der Waals surface area contributed by atoms with Crippen molar-refractivity contribution in [3.8, 4) is 5.75 Å². The monoisotopic (exact) mass is 286 g/mol. The van der Waals surface area contributed by atoms with E-state index in [2.05, 4.69) is 18.1 Å². The van der Waals surface area contributed by atoms with Crippen LogP contribution in [-0.2, 0) is 6.42 Å². The van der Waals surface area contributed by atoms with E-state index >= 15 is 0 Å². The van der Waals surface area contributed by atoms with Gasteiger partial charge in [-0.3, -0.25) is 4.79 Å². The molecule has 0 saturated heterocycles. The summed E-state index contributed by atoms with van der Waals surface area (Å²) in [6.45, 7) is 9.94. The van der Waals surface area contributed by atoms with Gasteiger partial charge >= 0.3 is 0 Å². The van der Waals surface area contributed by atoms with Gasteiger partial charge in [-0.1, -0.05) is 13.0 Å². The number of carbonyl (C=O) groups excluding carboxylic acids is 1. The number of hydrogen-bond acceptors (Lipinski definition) is 3. The van der Waals surface area contributed by atoms with Gasteiger partial charge in [0.05, 0.1) is 5.69 Å². The average Bonchev–Trinajstić information content (AvgIpc) is 2.70. The first-order chi connectivity index (χ1) is 9.92. The van der Waals surface area contributed by atoms with Crippen LogP contribution in [0.25, 0.3) is 0 Å². The minimum absolute atomic E-state index is 0.00594. The molecule has 4 heteroatoms. The van der Waals surface area contributed by atoms with Crippen LogP contribution in [-0.4, -0.2) is 22.3 Å². The summed E-state index contributed by atoms with van der Waals surface area (Å²) < 4.78 is 7.07. The summed E-state index contributed by atoms with van der Waals surface area (Å²) in [5.41, 5.74) is 5.20. The third-order valence-corrected chi connectivity index (χ3v) is 3.59. The number of nitrogens with zero attached hydrogens (tertiary/aromatic N) is 2. The molecule has 0 aliphatic rings. The predicted octanol–water partition coefficient (Wildman–Crippen LogP) is 3.40. The first-order valence-electron chi connectivity index (χ1n) is 7.21. The smallest absolute Gasteiger partial charge is 0.284 e. The number of ether oxygens (including phenoxy) is 1. The van der Waals surface area contributed by atoms with Gasteiger partial charge in [0.25, 0.3) is 5.91 Å². The van der Waals surface area contributed by atoms with Crippen LogP contribution in [0, 0.1) is 27.7 Å². The third-order valence-electron chi connectivity index (χ3n) is 3.59. The van der Waals surface area contributed by atoms with E-state index in [1.165, 1.54) is 4.68 Å². The largest absolute Gasteiger partial charge is 0.484 e. The van der Waals surface area contributed by atoms with E-state index in [1.54, 1.807) is 0 Å². The zero-order valence-corrected chi connectivity index (χ0v) is 13.4. The predicted molar refractivity (Wildman–Crippen MR) is 83.1 cm³/mol. The second-order valence-electron chi connectivity index (χ2n) is 5.42. The average molecular weight is 286 g/mol. The molecule has 1 aromatic heterocycles. The summed E-state index contributed by atoms with van der Waals surface area (Å²) in [7, 11) is 0. The van der Waals surface area contributed by atoms with E-state index in [1.807, 2.05) is 39.8 Å². The molecule has 0 fully saturated rings. The quantitative estimate of drug-likeness (QED) is 0.865. The van der Waals surface area contributed by atoms with E-state index in [-0.39, 0.29) is 12.5 Å². The third kappa shape index (κ3) is 3.32. The van der Waals surface area contributed by atoms with Crippen molar-refractivity contribution in [3.63, 3.8) is 0 Å². The number of carbonyl (C=O) groups is 1. The van der Waals surface area contributed by atoms with Crippen molar-refractivity contribution < 1.29 is 9.53 Å². The van der Waals surface area contributed by atoms with Crippen molar-refractivity contribution in [1.82, 2.24) is 9.78 Å². The number of benzene rings is 1. The van der Waals surface area contributed by atoms with Gasteiger partial charge < -0.3 is 4.74 Å². The minimum Gasteiger partial charge on any atom is -0.484 e. The van der Waals surface area contributed by atoms with E-state index in [0.29, 0.717) is 0 Å². The van der Waals surface area contributed by atoms with Gasteiger partial charge in [0.15, 0.2) is 6.61 Å². The van der Waals surface area contributed by atoms with Crippen LogP contribution >= 0.6 is 0 Å². The summed E-state index contributed by atoms with van der Waals surface area (Å²) in [6, 6.07) is 5.93. The van der Waals surface area contributed by atoms with Crippen LogP contribution in [0.2, 0.25) is 0 Å². The highest BCUT2D eigenvalue weighted by Gasteiger charge is 2.15. The summed E-state index contributed by atoms with van der Waals surface area (Å²) in [5, 5.41) is 4.32. The van der Waals surface area contributed by atoms with Crippen LogP contribution in [0.4, 0.5) is 0 Å². The molecule has 0 amide bonds. The lowest BCUT2D eigenvalue weighted by atomic mass is 10.1. The Labute approximate surface area is 125 Å². The molecule has 0 aliphatic carbocycles. The highest BCUT2D eigenvalue weighted by atomic mass is 16.5. The molecule has 112 valence electrons. The van der Waals surface area contributed by atoms with Gasteiger partial charge in [0.1, 0.15) is 5.75 Å². The molecule has 0 N–H and O–H groups in total. The standard InChI is InChI=1S/C17H22N2O2/c1-6-16-13(4)18-19(14(16)5)17(20)10-21-15-8-11(2)7-12(3)9-15/h7-9H,6,10H2,1-5H3. The number of aryl methyl sites for hydroxylation is 3. The van der Waals surface area contributed by atoms with Crippen LogP contribution in [0.5, 0.6) is 5.75 Å². The molecule has 2 aromatic rings. The molecule has 1 heterocycles. The summed E-state index contributed by atoms with van der Waals surface area (Å²) in [4.78, 5) is 12.3. The minimum atomic E-state index is -0.144. The molecule has 1 aromatic carbocycles. The number of hydrogen-bond donors (Lipinski definition) is 0. The Kier molecular flexibility index (Phi) is 4.46. The second kappa shape index (κ2) is 6.12. The maximum atomic E-state index is 12.3. The molecule has 2 rings (SSSR count). The number of rotatable bonds is 4. The lowest BCUT2D eigenvalue weighted by molar-refractivity contribution is 0.0818. The molecule has 0 atom stereocenters. The number of aromatic nitrogens is 2. The van der Waals surface area contributed by atoms with Crippen molar-refractivity contribution in [2.45, 2.75) is 41.0 Å². The van der Waals surface area contributed by atoms with Gasteiger partial charge in [-0.15, -0.1) is 0 Å². The molecule has 0 saturated carbocycles. The SMILES string of the molecule is CCc1c(C)nn(C(=O)COc2cc(C)cc(C)c2)c1C. The Morgan fingerprint density at radius 2 is 1.76 bits per heavy atom. The van der Waals surface area contributed by atoms with E-state index < -0.39 is 0 Å². The van der Waals surface area contributed by atoms with Gasteiger partial charge in [0.2, 0.25) is 0 Å². The molecule has 0 bridgehead atoms. The van der Waals surface area contributed by atoms with Gasteiger partial charge in [-0.2, -0.15) is 5.10 Å². The summed E-state index contributed by atoms with van der Waals surface area (Å²) >= 11 is 0. The van der Waals surface area contributed by atoms with Crippen molar-refractivity contribution >= 4 is 5.91 Å². The van der Waals surface area contributed by atoms with E-state index in [4.69, 9.17) is 4.74 Å². The first-order valence-corrected chi connectivity index (χ1v) is 7.21. The molecule has 0 unspecified atom stereocenters. The summed E-state index contributed by atoms with van der Waals surface area (Å²) in [5.74, 6) is 0.576. The Morgan fingerprint density at radius 3 is 2.29 bits per heavy atom. The first kappa shape index (κ1) is 15.3. The fourth-order valence-electron chi connectivity index (χ4n) is 2.65. The maximum absolute atomic E-state index is 12.3. The second-order valence-corrected chi connectivity index (χ2v) is 5.42. The maximum Gasteiger partial charge on any atom is 0.284 e. The molecule has 0 aliphatic heterocycles. The van der Waals surface area contributed by atoms with Gasteiger partial charge in [0, 0.05) is 5.69 Å².